The van der Waals surface area contributed by atoms with Crippen LogP contribution < -0.4 is 10.4 Å². The Hall–Kier alpha value is -3.75. The molecule has 27 heavy (non-hydrogen) atoms. The number of ether oxygens (including phenoxy) is 2. The first kappa shape index (κ1) is 16.7. The van der Waals surface area contributed by atoms with Crippen molar-refractivity contribution in [3.63, 3.8) is 0 Å². The summed E-state index contributed by atoms with van der Waals surface area (Å²) in [6, 6.07) is 10.3. The van der Waals surface area contributed by atoms with Gasteiger partial charge in [0.25, 0.3) is 0 Å². The monoisotopic (exact) mass is 365 g/mol. The number of pyridine rings is 1. The highest BCUT2D eigenvalue weighted by molar-refractivity contribution is 6.09. The fourth-order valence-corrected chi connectivity index (χ4v) is 2.96. The number of fused-ring (bicyclic) bond motifs is 3. The topological polar surface area (TPSA) is 101 Å². The minimum Gasteiger partial charge on any atom is -0.494 e. The number of esters is 1. The van der Waals surface area contributed by atoms with Crippen molar-refractivity contribution in [2.24, 2.45) is 0 Å². The first-order valence-electron chi connectivity index (χ1n) is 8.23. The largest absolute Gasteiger partial charge is 0.494 e. The van der Waals surface area contributed by atoms with Crippen LogP contribution in [0, 0.1) is 0 Å². The Labute approximate surface area is 152 Å². The van der Waals surface area contributed by atoms with Gasteiger partial charge in [-0.25, -0.2) is 14.0 Å². The van der Waals surface area contributed by atoms with Gasteiger partial charge < -0.3 is 9.47 Å². The third kappa shape index (κ3) is 2.51. The predicted molar refractivity (Wildman–Crippen MR) is 96.4 cm³/mol. The van der Waals surface area contributed by atoms with Crippen LogP contribution in [0.25, 0.3) is 22.4 Å². The maximum absolute atomic E-state index is 13.2. The van der Waals surface area contributed by atoms with Gasteiger partial charge in [0.2, 0.25) is 0 Å². The van der Waals surface area contributed by atoms with Crippen molar-refractivity contribution in [1.82, 2.24) is 24.4 Å². The van der Waals surface area contributed by atoms with Gasteiger partial charge in [-0.3, -0.25) is 4.98 Å². The molecule has 0 fully saturated rings. The van der Waals surface area contributed by atoms with Crippen molar-refractivity contribution in [3.8, 4) is 11.4 Å². The van der Waals surface area contributed by atoms with Crippen LogP contribution in [0.2, 0.25) is 0 Å². The van der Waals surface area contributed by atoms with Crippen LogP contribution in [0.3, 0.4) is 0 Å². The van der Waals surface area contributed by atoms with Gasteiger partial charge in [0, 0.05) is 6.20 Å². The third-order valence-electron chi connectivity index (χ3n) is 4.09. The van der Waals surface area contributed by atoms with Gasteiger partial charge in [0.05, 0.1) is 19.2 Å². The number of rotatable bonds is 4. The molecule has 4 rings (SSSR count). The first-order valence-corrected chi connectivity index (χ1v) is 8.23. The maximum atomic E-state index is 13.2. The van der Waals surface area contributed by atoms with E-state index in [-0.39, 0.29) is 17.8 Å². The Morgan fingerprint density at radius 3 is 2.78 bits per heavy atom. The lowest BCUT2D eigenvalue weighted by atomic mass is 10.2. The summed E-state index contributed by atoms with van der Waals surface area (Å²) >= 11 is 0. The molecule has 0 saturated carbocycles. The van der Waals surface area contributed by atoms with Crippen LogP contribution in [0.5, 0.6) is 5.75 Å². The number of methoxy groups -OCH3 is 1. The standard InChI is InChI=1S/C18H15N5O4/c1-3-27-17(24)14-15-12(8-6-10-19-15)22-16(14)20-21-23(18(22)25)11-7-4-5-9-13(11)26-2/h4-10H,3H2,1-2H3. The second kappa shape index (κ2) is 6.52. The second-order valence-corrected chi connectivity index (χ2v) is 5.58. The molecule has 3 aromatic heterocycles. The van der Waals surface area contributed by atoms with Crippen LogP contribution in [0.4, 0.5) is 0 Å². The molecule has 0 saturated heterocycles. The second-order valence-electron chi connectivity index (χ2n) is 5.58. The molecule has 0 aliphatic carbocycles. The van der Waals surface area contributed by atoms with Crippen molar-refractivity contribution in [3.05, 3.63) is 58.6 Å². The number of hydrogen-bond acceptors (Lipinski definition) is 7. The van der Waals surface area contributed by atoms with E-state index in [0.29, 0.717) is 22.5 Å². The minimum absolute atomic E-state index is 0.0956. The van der Waals surface area contributed by atoms with Crippen molar-refractivity contribution in [2.75, 3.05) is 13.7 Å². The fourth-order valence-electron chi connectivity index (χ4n) is 2.96. The number of para-hydroxylation sites is 2. The molecular formula is C18H15N5O4. The van der Waals surface area contributed by atoms with Gasteiger partial charge in [-0.05, 0) is 31.2 Å². The van der Waals surface area contributed by atoms with Gasteiger partial charge in [-0.2, -0.15) is 4.68 Å². The summed E-state index contributed by atoms with van der Waals surface area (Å²) < 4.78 is 12.8. The molecule has 0 N–H and O–H groups in total. The summed E-state index contributed by atoms with van der Waals surface area (Å²) in [6.07, 6.45) is 1.54. The molecule has 0 atom stereocenters. The number of carbonyl (C=O) groups excluding carboxylic acids is 1. The maximum Gasteiger partial charge on any atom is 0.357 e. The zero-order chi connectivity index (χ0) is 19.0. The quantitative estimate of drug-likeness (QED) is 0.507. The highest BCUT2D eigenvalue weighted by atomic mass is 16.5. The van der Waals surface area contributed by atoms with Crippen molar-refractivity contribution >= 4 is 22.6 Å². The van der Waals surface area contributed by atoms with E-state index in [9.17, 15) is 9.59 Å². The van der Waals surface area contributed by atoms with Crippen LogP contribution in [-0.2, 0) is 4.74 Å². The van der Waals surface area contributed by atoms with Gasteiger partial charge >= 0.3 is 11.7 Å². The van der Waals surface area contributed by atoms with Crippen LogP contribution >= 0.6 is 0 Å². The summed E-state index contributed by atoms with van der Waals surface area (Å²) in [4.78, 5) is 29.9. The van der Waals surface area contributed by atoms with E-state index in [0.717, 1.165) is 4.68 Å². The summed E-state index contributed by atoms with van der Waals surface area (Å²) in [5.74, 6) is -0.138. The minimum atomic E-state index is -0.604. The molecule has 0 aliphatic heterocycles. The highest BCUT2D eigenvalue weighted by Crippen LogP contribution is 2.24. The van der Waals surface area contributed by atoms with Gasteiger partial charge in [0.15, 0.2) is 5.65 Å². The SMILES string of the molecule is CCOC(=O)c1c2ncccc2n2c(=O)n(-c3ccccc3OC)nnc12. The number of aromatic nitrogens is 5. The van der Waals surface area contributed by atoms with E-state index in [4.69, 9.17) is 9.47 Å². The average Bonchev–Trinajstić information content (AvgIpc) is 3.03. The Balaban J connectivity index is 2.09. The molecule has 3 heterocycles. The molecule has 136 valence electrons. The summed E-state index contributed by atoms with van der Waals surface area (Å²) in [6.45, 7) is 1.89. The molecule has 0 spiro atoms. The van der Waals surface area contributed by atoms with Gasteiger partial charge in [0.1, 0.15) is 22.5 Å². The zero-order valence-corrected chi connectivity index (χ0v) is 14.6. The number of hydrogen-bond donors (Lipinski definition) is 0. The molecule has 0 bridgehead atoms. The molecule has 9 heteroatoms. The van der Waals surface area contributed by atoms with Crippen molar-refractivity contribution in [2.45, 2.75) is 6.92 Å². The van der Waals surface area contributed by atoms with Crippen LogP contribution in [0.1, 0.15) is 17.3 Å². The summed E-state index contributed by atoms with van der Waals surface area (Å²) in [7, 11) is 1.50. The Bertz CT molecular complexity index is 1230. The number of carbonyl (C=O) groups is 1. The Morgan fingerprint density at radius 2 is 2.00 bits per heavy atom. The molecule has 0 aliphatic rings. The van der Waals surface area contributed by atoms with Gasteiger partial charge in [-0.1, -0.05) is 17.3 Å². The molecule has 0 amide bonds. The summed E-state index contributed by atoms with van der Waals surface area (Å²) in [5, 5.41) is 8.12. The summed E-state index contributed by atoms with van der Waals surface area (Å²) in [5.41, 5.74) is 0.919. The van der Waals surface area contributed by atoms with Crippen LogP contribution in [-0.4, -0.2) is 44.1 Å². The van der Waals surface area contributed by atoms with Crippen molar-refractivity contribution in [1.29, 1.82) is 0 Å². The third-order valence-corrected chi connectivity index (χ3v) is 4.09. The highest BCUT2D eigenvalue weighted by Gasteiger charge is 2.25. The Morgan fingerprint density at radius 1 is 1.19 bits per heavy atom. The molecule has 0 unspecified atom stereocenters. The number of benzene rings is 1. The smallest absolute Gasteiger partial charge is 0.357 e. The molecule has 0 radical (unpaired) electrons. The lowest BCUT2D eigenvalue weighted by molar-refractivity contribution is 0.0530. The van der Waals surface area contributed by atoms with Crippen LogP contribution in [0.15, 0.2) is 47.4 Å². The normalized spacial score (nSPS) is 11.0. The molecular weight excluding hydrogens is 350 g/mol. The van der Waals surface area contributed by atoms with E-state index in [1.165, 1.54) is 17.7 Å². The van der Waals surface area contributed by atoms with E-state index < -0.39 is 11.7 Å². The average molecular weight is 365 g/mol. The lowest BCUT2D eigenvalue weighted by Gasteiger charge is -2.09. The molecule has 1 aromatic carbocycles. The molecule has 9 nitrogen and oxygen atoms in total. The fraction of sp³-hybridized carbons (Fsp3) is 0.167. The van der Waals surface area contributed by atoms with E-state index in [2.05, 4.69) is 15.3 Å². The van der Waals surface area contributed by atoms with E-state index >= 15 is 0 Å². The molecule has 4 aromatic rings. The Kier molecular flexibility index (Phi) is 4.03. The van der Waals surface area contributed by atoms with Crippen molar-refractivity contribution < 1.29 is 14.3 Å². The zero-order valence-electron chi connectivity index (χ0n) is 14.6. The lowest BCUT2D eigenvalue weighted by Crippen LogP contribution is -2.29. The number of nitrogens with zero attached hydrogens (tertiary/aromatic N) is 5. The van der Waals surface area contributed by atoms with Gasteiger partial charge in [-0.15, -0.1) is 5.10 Å². The first-order chi connectivity index (χ1) is 13.2. The predicted octanol–water partition coefficient (Wildman–Crippen LogP) is 1.61. The van der Waals surface area contributed by atoms with E-state index in [1.807, 2.05) is 0 Å². The van der Waals surface area contributed by atoms with E-state index in [1.54, 1.807) is 43.3 Å².